The lowest BCUT2D eigenvalue weighted by molar-refractivity contribution is 0.223. The molecule has 1 heterocycles. The third kappa shape index (κ3) is 3.93. The number of hydrogen-bond acceptors (Lipinski definition) is 2. The molecule has 0 radical (unpaired) electrons. The van der Waals surface area contributed by atoms with Crippen LogP contribution in [0.25, 0.3) is 0 Å². The molecule has 3 unspecified atom stereocenters. The molecule has 0 aromatic carbocycles. The highest BCUT2D eigenvalue weighted by atomic mass is 35.5. The Kier molecular flexibility index (Phi) is 5.65. The van der Waals surface area contributed by atoms with E-state index >= 15 is 0 Å². The van der Waals surface area contributed by atoms with Crippen LogP contribution in [0.3, 0.4) is 0 Å². The first-order valence-electron chi connectivity index (χ1n) is 7.55. The fraction of sp³-hybridized carbons (Fsp3) is 0.688. The average Bonchev–Trinajstić information content (AvgIpc) is 2.41. The van der Waals surface area contributed by atoms with Crippen molar-refractivity contribution < 1.29 is 0 Å². The molecule has 1 aliphatic carbocycles. The second-order valence-electron chi connectivity index (χ2n) is 5.86. The van der Waals surface area contributed by atoms with Crippen molar-refractivity contribution >= 4 is 11.6 Å². The number of aromatic nitrogens is 1. The van der Waals surface area contributed by atoms with Crippen molar-refractivity contribution in [2.45, 2.75) is 52.0 Å². The van der Waals surface area contributed by atoms with Gasteiger partial charge in [-0.05, 0) is 49.3 Å². The summed E-state index contributed by atoms with van der Waals surface area (Å²) in [5, 5.41) is 4.50. The van der Waals surface area contributed by atoms with Gasteiger partial charge < -0.3 is 5.32 Å². The van der Waals surface area contributed by atoms with Gasteiger partial charge in [0, 0.05) is 18.4 Å². The monoisotopic (exact) mass is 280 g/mol. The minimum atomic E-state index is 0.387. The zero-order valence-corrected chi connectivity index (χ0v) is 12.8. The smallest absolute Gasteiger partial charge is 0.0637 e. The molecule has 0 spiro atoms. The van der Waals surface area contributed by atoms with Gasteiger partial charge in [0.1, 0.15) is 0 Å². The number of rotatable bonds is 5. The summed E-state index contributed by atoms with van der Waals surface area (Å²) >= 11 is 6.35. The van der Waals surface area contributed by atoms with Crippen LogP contribution >= 0.6 is 11.6 Å². The molecular formula is C16H25ClN2. The normalized spacial score (nSPS) is 25.2. The Hall–Kier alpha value is -0.600. The van der Waals surface area contributed by atoms with Gasteiger partial charge >= 0.3 is 0 Å². The van der Waals surface area contributed by atoms with Crippen molar-refractivity contribution in [2.75, 3.05) is 6.54 Å². The van der Waals surface area contributed by atoms with E-state index in [9.17, 15) is 0 Å². The third-order valence-electron chi connectivity index (χ3n) is 4.20. The van der Waals surface area contributed by atoms with Crippen molar-refractivity contribution in [3.63, 3.8) is 0 Å². The zero-order chi connectivity index (χ0) is 13.7. The lowest BCUT2D eigenvalue weighted by Gasteiger charge is -2.34. The Balaban J connectivity index is 2.17. The number of pyridine rings is 1. The van der Waals surface area contributed by atoms with Crippen LogP contribution < -0.4 is 5.32 Å². The van der Waals surface area contributed by atoms with E-state index in [0.29, 0.717) is 12.0 Å². The average molecular weight is 281 g/mol. The molecule has 1 aromatic rings. The molecule has 0 aliphatic heterocycles. The highest BCUT2D eigenvalue weighted by Gasteiger charge is 2.28. The van der Waals surface area contributed by atoms with Crippen LogP contribution in [-0.2, 0) is 0 Å². The van der Waals surface area contributed by atoms with Crippen LogP contribution in [0, 0.1) is 11.8 Å². The largest absolute Gasteiger partial charge is 0.310 e. The molecule has 106 valence electrons. The molecular weight excluding hydrogens is 256 g/mol. The van der Waals surface area contributed by atoms with E-state index < -0.39 is 0 Å². The maximum atomic E-state index is 6.35. The maximum Gasteiger partial charge on any atom is 0.0637 e. The number of halogens is 1. The molecule has 0 amide bonds. The predicted octanol–water partition coefficient (Wildman–Crippen LogP) is 4.60. The van der Waals surface area contributed by atoms with Gasteiger partial charge in [-0.15, -0.1) is 0 Å². The fourth-order valence-corrected chi connectivity index (χ4v) is 3.49. The van der Waals surface area contributed by atoms with E-state index in [1.807, 2.05) is 6.20 Å². The molecule has 1 saturated carbocycles. The number of hydrogen-bond donors (Lipinski definition) is 1. The summed E-state index contributed by atoms with van der Waals surface area (Å²) in [6.07, 6.45) is 10.1. The minimum Gasteiger partial charge on any atom is -0.310 e. The second kappa shape index (κ2) is 7.25. The summed E-state index contributed by atoms with van der Waals surface area (Å²) in [6.45, 7) is 5.63. The van der Waals surface area contributed by atoms with Gasteiger partial charge in [-0.25, -0.2) is 0 Å². The van der Waals surface area contributed by atoms with Crippen LogP contribution in [0.5, 0.6) is 0 Å². The quantitative estimate of drug-likeness (QED) is 0.852. The molecule has 3 atom stereocenters. The van der Waals surface area contributed by atoms with Crippen LogP contribution in [0.2, 0.25) is 5.02 Å². The van der Waals surface area contributed by atoms with Crippen LogP contribution in [0.15, 0.2) is 18.5 Å². The Morgan fingerprint density at radius 2 is 2.32 bits per heavy atom. The Morgan fingerprint density at radius 1 is 1.47 bits per heavy atom. The van der Waals surface area contributed by atoms with Gasteiger partial charge in [-0.2, -0.15) is 0 Å². The maximum absolute atomic E-state index is 6.35. The molecule has 19 heavy (non-hydrogen) atoms. The Bertz CT molecular complexity index is 394. The summed E-state index contributed by atoms with van der Waals surface area (Å²) < 4.78 is 0. The van der Waals surface area contributed by atoms with Crippen molar-refractivity contribution in [1.29, 1.82) is 0 Å². The summed E-state index contributed by atoms with van der Waals surface area (Å²) in [5.74, 6) is 1.54. The highest BCUT2D eigenvalue weighted by molar-refractivity contribution is 6.31. The molecule has 1 fully saturated rings. The first kappa shape index (κ1) is 14.8. The molecule has 0 saturated heterocycles. The van der Waals surface area contributed by atoms with Gasteiger partial charge in [-0.3, -0.25) is 4.98 Å². The number of nitrogens with one attached hydrogen (secondary N) is 1. The predicted molar refractivity (Wildman–Crippen MR) is 81.4 cm³/mol. The molecule has 2 rings (SSSR count). The molecule has 1 aromatic heterocycles. The Labute approximate surface area is 122 Å². The van der Waals surface area contributed by atoms with Crippen LogP contribution in [-0.4, -0.2) is 11.5 Å². The molecule has 3 heteroatoms. The van der Waals surface area contributed by atoms with Gasteiger partial charge in [-0.1, -0.05) is 38.3 Å². The summed E-state index contributed by atoms with van der Waals surface area (Å²) in [7, 11) is 0. The van der Waals surface area contributed by atoms with Crippen molar-refractivity contribution in [1.82, 2.24) is 10.3 Å². The van der Waals surface area contributed by atoms with Crippen molar-refractivity contribution in [2.24, 2.45) is 11.8 Å². The summed E-state index contributed by atoms with van der Waals surface area (Å²) in [6, 6.07) is 2.47. The van der Waals surface area contributed by atoms with E-state index in [2.05, 4.69) is 30.2 Å². The summed E-state index contributed by atoms with van der Waals surface area (Å²) in [4.78, 5) is 4.11. The third-order valence-corrected chi connectivity index (χ3v) is 4.52. The van der Waals surface area contributed by atoms with Crippen molar-refractivity contribution in [3.8, 4) is 0 Å². The van der Waals surface area contributed by atoms with Gasteiger partial charge in [0.05, 0.1) is 5.02 Å². The Morgan fingerprint density at radius 3 is 3.00 bits per heavy atom. The fourth-order valence-electron chi connectivity index (χ4n) is 3.25. The lowest BCUT2D eigenvalue weighted by atomic mass is 9.77. The standard InChI is InChI=1S/C16H25ClN2/c1-3-8-19-16(13-6-4-5-12(2)10-13)14-7-9-18-11-15(14)17/h7,9,11-13,16,19H,3-6,8,10H2,1-2H3. The second-order valence-corrected chi connectivity index (χ2v) is 6.27. The number of nitrogens with zero attached hydrogens (tertiary/aromatic N) is 1. The van der Waals surface area contributed by atoms with E-state index in [0.717, 1.165) is 23.9 Å². The molecule has 1 aliphatic rings. The molecule has 2 nitrogen and oxygen atoms in total. The zero-order valence-electron chi connectivity index (χ0n) is 12.0. The minimum absolute atomic E-state index is 0.387. The summed E-state index contributed by atoms with van der Waals surface area (Å²) in [5.41, 5.74) is 1.23. The lowest BCUT2D eigenvalue weighted by Crippen LogP contribution is -2.32. The van der Waals surface area contributed by atoms with E-state index in [-0.39, 0.29) is 0 Å². The topological polar surface area (TPSA) is 24.9 Å². The van der Waals surface area contributed by atoms with E-state index in [1.54, 1.807) is 6.20 Å². The molecule has 1 N–H and O–H groups in total. The van der Waals surface area contributed by atoms with Gasteiger partial charge in [0.15, 0.2) is 0 Å². The van der Waals surface area contributed by atoms with E-state index in [4.69, 9.17) is 11.6 Å². The first-order valence-corrected chi connectivity index (χ1v) is 7.93. The van der Waals surface area contributed by atoms with E-state index in [1.165, 1.54) is 31.2 Å². The van der Waals surface area contributed by atoms with Crippen LogP contribution in [0.1, 0.15) is 57.6 Å². The molecule has 0 bridgehead atoms. The SMILES string of the molecule is CCCNC(c1ccncc1Cl)C1CCCC(C)C1. The highest BCUT2D eigenvalue weighted by Crippen LogP contribution is 2.38. The van der Waals surface area contributed by atoms with Gasteiger partial charge in [0.25, 0.3) is 0 Å². The van der Waals surface area contributed by atoms with Crippen molar-refractivity contribution in [3.05, 3.63) is 29.0 Å². The van der Waals surface area contributed by atoms with Gasteiger partial charge in [0.2, 0.25) is 0 Å². The first-order chi connectivity index (χ1) is 9.22. The van der Waals surface area contributed by atoms with Crippen LogP contribution in [0.4, 0.5) is 0 Å².